The van der Waals surface area contributed by atoms with Gasteiger partial charge < -0.3 is 10.6 Å². The number of aryl methyl sites for hydroxylation is 1. The summed E-state index contributed by atoms with van der Waals surface area (Å²) in [5, 5.41) is 3.84. The van der Waals surface area contributed by atoms with Gasteiger partial charge in [-0.15, -0.1) is 5.10 Å². The van der Waals surface area contributed by atoms with Crippen molar-refractivity contribution in [2.75, 3.05) is 13.1 Å². The number of nitrogens with two attached hydrogens (primary N) is 1. The number of nitrogens with zero attached hydrogens (tertiary/aromatic N) is 3. The summed E-state index contributed by atoms with van der Waals surface area (Å²) < 4.78 is 3.77. The van der Waals surface area contributed by atoms with Crippen molar-refractivity contribution >= 4 is 17.4 Å². The largest absolute Gasteiger partial charge is 0.336 e. The summed E-state index contributed by atoms with van der Waals surface area (Å²) in [4.78, 5) is 14.5. The fourth-order valence-electron chi connectivity index (χ4n) is 1.77. The van der Waals surface area contributed by atoms with Crippen molar-refractivity contribution in [2.45, 2.75) is 25.8 Å². The zero-order chi connectivity index (χ0) is 10.8. The zero-order valence-corrected chi connectivity index (χ0v) is 9.46. The smallest absolute Gasteiger partial charge is 0.267 e. The molecule has 1 aromatic rings. The lowest BCUT2D eigenvalue weighted by atomic mass is 10.1. The lowest BCUT2D eigenvalue weighted by molar-refractivity contribution is 0.0713. The van der Waals surface area contributed by atoms with Crippen LogP contribution >= 0.6 is 11.5 Å². The Morgan fingerprint density at radius 1 is 1.67 bits per heavy atom. The number of hydrogen-bond donors (Lipinski definition) is 1. The van der Waals surface area contributed by atoms with Gasteiger partial charge in [-0.2, -0.15) is 0 Å². The van der Waals surface area contributed by atoms with Crippen molar-refractivity contribution in [3.8, 4) is 0 Å². The molecule has 1 unspecified atom stereocenters. The van der Waals surface area contributed by atoms with Crippen LogP contribution in [0.2, 0.25) is 0 Å². The van der Waals surface area contributed by atoms with Gasteiger partial charge in [-0.1, -0.05) is 4.49 Å². The quantitative estimate of drug-likeness (QED) is 0.753. The van der Waals surface area contributed by atoms with Crippen LogP contribution in [-0.4, -0.2) is 39.5 Å². The Balaban J connectivity index is 2.11. The van der Waals surface area contributed by atoms with Gasteiger partial charge >= 0.3 is 0 Å². The number of aromatic nitrogens is 2. The zero-order valence-electron chi connectivity index (χ0n) is 8.64. The molecular formula is C9H14N4OS. The molecule has 6 heteroatoms. The van der Waals surface area contributed by atoms with Crippen LogP contribution in [0.25, 0.3) is 0 Å². The van der Waals surface area contributed by atoms with Gasteiger partial charge in [0, 0.05) is 19.1 Å². The highest BCUT2D eigenvalue weighted by molar-refractivity contribution is 7.07. The molecule has 1 aliphatic heterocycles. The highest BCUT2D eigenvalue weighted by Gasteiger charge is 2.24. The van der Waals surface area contributed by atoms with Gasteiger partial charge in [-0.05, 0) is 31.3 Å². The molecule has 82 valence electrons. The van der Waals surface area contributed by atoms with Gasteiger partial charge in [0.1, 0.15) is 4.88 Å². The van der Waals surface area contributed by atoms with Gasteiger partial charge in [-0.3, -0.25) is 4.79 Å². The van der Waals surface area contributed by atoms with Crippen molar-refractivity contribution in [3.63, 3.8) is 0 Å². The first-order valence-corrected chi connectivity index (χ1v) is 5.79. The van der Waals surface area contributed by atoms with E-state index in [1.807, 2.05) is 0 Å². The maximum absolute atomic E-state index is 12.0. The summed E-state index contributed by atoms with van der Waals surface area (Å²) in [7, 11) is 0. The third-order valence-corrected chi connectivity index (χ3v) is 3.41. The van der Waals surface area contributed by atoms with E-state index >= 15 is 0 Å². The Morgan fingerprint density at radius 2 is 2.47 bits per heavy atom. The Labute approximate surface area is 92.4 Å². The average molecular weight is 226 g/mol. The fraction of sp³-hybridized carbons (Fsp3) is 0.667. The van der Waals surface area contributed by atoms with Crippen molar-refractivity contribution in [1.82, 2.24) is 14.5 Å². The minimum atomic E-state index is 0.0256. The maximum atomic E-state index is 12.0. The summed E-state index contributed by atoms with van der Waals surface area (Å²) in [5.74, 6) is 0.0256. The molecule has 1 atom stereocenters. The molecule has 0 aliphatic carbocycles. The summed E-state index contributed by atoms with van der Waals surface area (Å²) in [6.45, 7) is 3.25. The van der Waals surface area contributed by atoms with Crippen LogP contribution in [0.1, 0.15) is 28.2 Å². The lowest BCUT2D eigenvalue weighted by Gasteiger charge is -2.30. The van der Waals surface area contributed by atoms with E-state index in [2.05, 4.69) is 9.59 Å². The van der Waals surface area contributed by atoms with Gasteiger partial charge in [0.25, 0.3) is 5.91 Å². The number of carbonyl (C=O) groups is 1. The molecule has 2 N–H and O–H groups in total. The molecule has 1 amide bonds. The Kier molecular flexibility index (Phi) is 2.97. The predicted molar refractivity (Wildman–Crippen MR) is 57.8 cm³/mol. The van der Waals surface area contributed by atoms with Crippen LogP contribution in [0, 0.1) is 6.92 Å². The molecule has 15 heavy (non-hydrogen) atoms. The third-order valence-electron chi connectivity index (χ3n) is 2.59. The van der Waals surface area contributed by atoms with Crippen LogP contribution in [0.5, 0.6) is 0 Å². The monoisotopic (exact) mass is 226 g/mol. The van der Waals surface area contributed by atoms with E-state index in [4.69, 9.17) is 5.73 Å². The van der Waals surface area contributed by atoms with E-state index in [0.29, 0.717) is 17.1 Å². The third kappa shape index (κ3) is 2.15. The Bertz CT molecular complexity index is 365. The summed E-state index contributed by atoms with van der Waals surface area (Å²) >= 11 is 1.16. The number of likely N-dealkylation sites (tertiary alicyclic amines) is 1. The second-order valence-corrected chi connectivity index (χ2v) is 4.60. The summed E-state index contributed by atoms with van der Waals surface area (Å²) in [6.07, 6.45) is 1.99. The lowest BCUT2D eigenvalue weighted by Crippen LogP contribution is -2.45. The van der Waals surface area contributed by atoms with Gasteiger partial charge in [0.2, 0.25) is 0 Å². The Morgan fingerprint density at radius 3 is 3.07 bits per heavy atom. The molecule has 0 bridgehead atoms. The molecule has 0 spiro atoms. The molecule has 0 aromatic carbocycles. The van der Waals surface area contributed by atoms with Crippen molar-refractivity contribution in [3.05, 3.63) is 10.6 Å². The second-order valence-electron chi connectivity index (χ2n) is 3.84. The maximum Gasteiger partial charge on any atom is 0.267 e. The number of piperidine rings is 1. The molecule has 1 aromatic heterocycles. The Hall–Kier alpha value is -1.01. The van der Waals surface area contributed by atoms with Gasteiger partial charge in [-0.25, -0.2) is 0 Å². The SMILES string of the molecule is Cc1nnsc1C(=O)N1CCCC(N)C1. The second kappa shape index (κ2) is 4.24. The fourth-order valence-corrected chi connectivity index (χ4v) is 2.39. The first-order valence-electron chi connectivity index (χ1n) is 5.02. The number of carbonyl (C=O) groups excluding carboxylic acids is 1. The van der Waals surface area contributed by atoms with E-state index in [-0.39, 0.29) is 11.9 Å². The molecular weight excluding hydrogens is 212 g/mol. The number of rotatable bonds is 1. The summed E-state index contributed by atoms with van der Waals surface area (Å²) in [6, 6.07) is 0.115. The minimum Gasteiger partial charge on any atom is -0.336 e. The standard InChI is InChI=1S/C9H14N4OS/c1-6-8(15-12-11-6)9(14)13-4-2-3-7(10)5-13/h7H,2-5,10H2,1H3. The van der Waals surface area contributed by atoms with E-state index in [9.17, 15) is 4.79 Å². The highest BCUT2D eigenvalue weighted by atomic mass is 32.1. The average Bonchev–Trinajstić information content (AvgIpc) is 2.63. The van der Waals surface area contributed by atoms with Crippen molar-refractivity contribution in [2.24, 2.45) is 5.73 Å². The molecule has 1 aliphatic rings. The molecule has 2 heterocycles. The normalized spacial score (nSPS) is 21.7. The van der Waals surface area contributed by atoms with Gasteiger partial charge in [0.05, 0.1) is 5.69 Å². The first-order chi connectivity index (χ1) is 7.18. The van der Waals surface area contributed by atoms with E-state index in [1.165, 1.54) is 0 Å². The summed E-state index contributed by atoms with van der Waals surface area (Å²) in [5.41, 5.74) is 6.54. The molecule has 1 saturated heterocycles. The number of amides is 1. The molecule has 0 saturated carbocycles. The molecule has 1 fully saturated rings. The molecule has 0 radical (unpaired) electrons. The molecule has 5 nitrogen and oxygen atoms in total. The molecule has 2 rings (SSSR count). The number of hydrogen-bond acceptors (Lipinski definition) is 5. The van der Waals surface area contributed by atoms with Gasteiger partial charge in [0.15, 0.2) is 0 Å². The van der Waals surface area contributed by atoms with E-state index in [0.717, 1.165) is 30.9 Å². The highest BCUT2D eigenvalue weighted by Crippen LogP contribution is 2.16. The van der Waals surface area contributed by atoms with Crippen molar-refractivity contribution in [1.29, 1.82) is 0 Å². The predicted octanol–water partition coefficient (Wildman–Crippen LogP) is 0.410. The van der Waals surface area contributed by atoms with Crippen molar-refractivity contribution < 1.29 is 4.79 Å². The first kappa shape index (κ1) is 10.5. The van der Waals surface area contributed by atoms with Crippen LogP contribution in [0.4, 0.5) is 0 Å². The van der Waals surface area contributed by atoms with Crippen LogP contribution in [-0.2, 0) is 0 Å². The van der Waals surface area contributed by atoms with Crippen LogP contribution < -0.4 is 5.73 Å². The van der Waals surface area contributed by atoms with E-state index < -0.39 is 0 Å². The topological polar surface area (TPSA) is 72.1 Å². The van der Waals surface area contributed by atoms with Crippen LogP contribution in [0.15, 0.2) is 0 Å². The van der Waals surface area contributed by atoms with E-state index in [1.54, 1.807) is 11.8 Å². The van der Waals surface area contributed by atoms with Crippen LogP contribution in [0.3, 0.4) is 0 Å². The minimum absolute atomic E-state index is 0.0256.